The first-order valence-corrected chi connectivity index (χ1v) is 8.46. The topological polar surface area (TPSA) is 58.6 Å². The summed E-state index contributed by atoms with van der Waals surface area (Å²) in [6.45, 7) is 1.92. The second-order valence-electron chi connectivity index (χ2n) is 5.26. The molecule has 1 aliphatic carbocycles. The minimum absolute atomic E-state index is 0.132. The number of piperidine rings is 1. The van der Waals surface area contributed by atoms with E-state index in [1.54, 1.807) is 11.4 Å². The van der Waals surface area contributed by atoms with Crippen LogP contribution in [0.1, 0.15) is 32.1 Å². The molecule has 0 aromatic rings. The van der Waals surface area contributed by atoms with Gasteiger partial charge in [-0.2, -0.15) is 4.31 Å². The fourth-order valence-electron chi connectivity index (χ4n) is 2.51. The summed E-state index contributed by atoms with van der Waals surface area (Å²) in [6, 6.07) is 0.362. The maximum absolute atomic E-state index is 12.4. The molecule has 0 amide bonds. The summed E-state index contributed by atoms with van der Waals surface area (Å²) in [5.41, 5.74) is 0. The van der Waals surface area contributed by atoms with Crippen LogP contribution in [0.2, 0.25) is 0 Å². The van der Waals surface area contributed by atoms with Gasteiger partial charge in [-0.05, 0) is 32.2 Å². The number of hydrogen-bond donors (Lipinski definition) is 1. The van der Waals surface area contributed by atoms with Crippen molar-refractivity contribution < 1.29 is 13.2 Å². The van der Waals surface area contributed by atoms with Crippen LogP contribution in [0.3, 0.4) is 0 Å². The number of nitrogens with one attached hydrogen (secondary N) is 1. The number of hydrogen-bond acceptors (Lipinski definition) is 4. The summed E-state index contributed by atoms with van der Waals surface area (Å²) >= 11 is 0. The Morgan fingerprint density at radius 2 is 2.06 bits per heavy atom. The Bertz CT molecular complexity index is 348. The van der Waals surface area contributed by atoms with Crippen LogP contribution in [-0.2, 0) is 14.8 Å². The summed E-state index contributed by atoms with van der Waals surface area (Å²) in [4.78, 5) is 0. The molecule has 106 valence electrons. The zero-order chi connectivity index (χ0) is 13.0. The maximum Gasteiger partial charge on any atom is 0.215 e. The highest BCUT2D eigenvalue weighted by molar-refractivity contribution is 7.89. The first-order chi connectivity index (χ1) is 8.63. The van der Waals surface area contributed by atoms with Gasteiger partial charge in [-0.1, -0.05) is 6.42 Å². The number of sulfonamides is 1. The van der Waals surface area contributed by atoms with Gasteiger partial charge in [0.25, 0.3) is 0 Å². The van der Waals surface area contributed by atoms with Crippen LogP contribution >= 0.6 is 0 Å². The largest absolute Gasteiger partial charge is 0.383 e. The van der Waals surface area contributed by atoms with Crippen molar-refractivity contribution in [3.63, 3.8) is 0 Å². The van der Waals surface area contributed by atoms with E-state index in [0.717, 1.165) is 38.6 Å². The standard InChI is InChI=1S/C12H24N2O3S/c1-17-9-8-14(12-5-6-12)18(15,16)10-11-4-2-3-7-13-11/h11-13H,2-10H2,1H3. The van der Waals surface area contributed by atoms with Gasteiger partial charge >= 0.3 is 0 Å². The monoisotopic (exact) mass is 276 g/mol. The van der Waals surface area contributed by atoms with Crippen LogP contribution < -0.4 is 5.32 Å². The Labute approximate surface area is 110 Å². The van der Waals surface area contributed by atoms with Crippen molar-refractivity contribution in [2.45, 2.75) is 44.2 Å². The van der Waals surface area contributed by atoms with Gasteiger partial charge in [0.1, 0.15) is 0 Å². The zero-order valence-corrected chi connectivity index (χ0v) is 11.9. The molecule has 2 rings (SSSR count). The molecule has 6 heteroatoms. The Kier molecular flexibility index (Phi) is 5.00. The van der Waals surface area contributed by atoms with Gasteiger partial charge in [-0.3, -0.25) is 0 Å². The molecule has 1 saturated carbocycles. The quantitative estimate of drug-likeness (QED) is 0.738. The van der Waals surface area contributed by atoms with Crippen molar-refractivity contribution in [1.29, 1.82) is 0 Å². The second-order valence-corrected chi connectivity index (χ2v) is 7.23. The van der Waals surface area contributed by atoms with Crippen molar-refractivity contribution in [2.24, 2.45) is 0 Å². The maximum atomic E-state index is 12.4. The molecule has 18 heavy (non-hydrogen) atoms. The number of nitrogens with zero attached hydrogens (tertiary/aromatic N) is 1. The summed E-state index contributed by atoms with van der Waals surface area (Å²) in [5, 5.41) is 3.31. The molecule has 0 spiro atoms. The van der Waals surface area contributed by atoms with Crippen molar-refractivity contribution >= 4 is 10.0 Å². The average Bonchev–Trinajstić information content (AvgIpc) is 3.14. The lowest BCUT2D eigenvalue weighted by molar-refractivity contribution is 0.177. The summed E-state index contributed by atoms with van der Waals surface area (Å²) in [5.74, 6) is 0.243. The molecule has 1 aliphatic heterocycles. The van der Waals surface area contributed by atoms with E-state index in [0.29, 0.717) is 13.2 Å². The molecule has 5 nitrogen and oxygen atoms in total. The molecule has 1 atom stereocenters. The first kappa shape index (κ1) is 14.2. The minimum Gasteiger partial charge on any atom is -0.383 e. The van der Waals surface area contributed by atoms with E-state index >= 15 is 0 Å². The molecule has 1 heterocycles. The molecule has 1 N–H and O–H groups in total. The summed E-state index contributed by atoms with van der Waals surface area (Å²) < 4.78 is 31.5. The van der Waals surface area contributed by atoms with Crippen LogP contribution in [0, 0.1) is 0 Å². The normalized spacial score (nSPS) is 25.6. The van der Waals surface area contributed by atoms with Crippen LogP contribution in [0.4, 0.5) is 0 Å². The Morgan fingerprint density at radius 1 is 1.28 bits per heavy atom. The molecular formula is C12H24N2O3S. The smallest absolute Gasteiger partial charge is 0.215 e. The van der Waals surface area contributed by atoms with Crippen LogP contribution in [0.15, 0.2) is 0 Å². The zero-order valence-electron chi connectivity index (χ0n) is 11.1. The number of methoxy groups -OCH3 is 1. The fourth-order valence-corrected chi connectivity index (χ4v) is 4.51. The van der Waals surface area contributed by atoms with E-state index in [1.807, 2.05) is 0 Å². The van der Waals surface area contributed by atoms with E-state index < -0.39 is 10.0 Å². The minimum atomic E-state index is -3.14. The summed E-state index contributed by atoms with van der Waals surface area (Å²) in [6.07, 6.45) is 5.27. The second kappa shape index (κ2) is 6.32. The van der Waals surface area contributed by atoms with Crippen LogP contribution in [0.5, 0.6) is 0 Å². The van der Waals surface area contributed by atoms with Crippen molar-refractivity contribution in [3.05, 3.63) is 0 Å². The van der Waals surface area contributed by atoms with Crippen molar-refractivity contribution in [3.8, 4) is 0 Å². The fraction of sp³-hybridized carbons (Fsp3) is 1.00. The third kappa shape index (κ3) is 3.91. The molecule has 2 aliphatic rings. The van der Waals surface area contributed by atoms with Gasteiger partial charge in [0.2, 0.25) is 10.0 Å². The molecular weight excluding hydrogens is 252 g/mol. The van der Waals surface area contributed by atoms with E-state index in [9.17, 15) is 8.42 Å². The molecule has 0 aromatic carbocycles. The Balaban J connectivity index is 1.93. The van der Waals surface area contributed by atoms with Crippen molar-refractivity contribution in [1.82, 2.24) is 9.62 Å². The number of ether oxygens (including phenoxy) is 1. The summed E-state index contributed by atoms with van der Waals surface area (Å²) in [7, 11) is -1.53. The Morgan fingerprint density at radius 3 is 2.61 bits per heavy atom. The number of rotatable bonds is 7. The van der Waals surface area contributed by atoms with Gasteiger partial charge in [0.15, 0.2) is 0 Å². The predicted octanol–water partition coefficient (Wildman–Crippen LogP) is 0.569. The highest BCUT2D eigenvalue weighted by atomic mass is 32.2. The lowest BCUT2D eigenvalue weighted by atomic mass is 10.1. The first-order valence-electron chi connectivity index (χ1n) is 6.85. The average molecular weight is 276 g/mol. The molecule has 0 radical (unpaired) electrons. The lowest BCUT2D eigenvalue weighted by Gasteiger charge is -2.27. The van der Waals surface area contributed by atoms with E-state index in [1.165, 1.54) is 0 Å². The van der Waals surface area contributed by atoms with Gasteiger partial charge in [0, 0.05) is 25.7 Å². The molecule has 0 aromatic heterocycles. The third-order valence-corrected chi connectivity index (χ3v) is 5.67. The van der Waals surface area contributed by atoms with Gasteiger partial charge in [0.05, 0.1) is 12.4 Å². The van der Waals surface area contributed by atoms with Crippen molar-refractivity contribution in [2.75, 3.05) is 32.6 Å². The molecule has 0 bridgehead atoms. The molecule has 1 unspecified atom stereocenters. The molecule has 1 saturated heterocycles. The highest BCUT2D eigenvalue weighted by Crippen LogP contribution is 2.29. The van der Waals surface area contributed by atoms with Gasteiger partial charge in [-0.25, -0.2) is 8.42 Å². The van der Waals surface area contributed by atoms with Gasteiger partial charge < -0.3 is 10.1 Å². The highest BCUT2D eigenvalue weighted by Gasteiger charge is 2.37. The van der Waals surface area contributed by atoms with Crippen LogP contribution in [0.25, 0.3) is 0 Å². The molecule has 2 fully saturated rings. The van der Waals surface area contributed by atoms with E-state index in [-0.39, 0.29) is 17.8 Å². The van der Waals surface area contributed by atoms with E-state index in [4.69, 9.17) is 4.74 Å². The third-order valence-electron chi connectivity index (χ3n) is 3.65. The van der Waals surface area contributed by atoms with E-state index in [2.05, 4.69) is 5.32 Å². The SMILES string of the molecule is COCCN(C1CC1)S(=O)(=O)CC1CCCCN1. The lowest BCUT2D eigenvalue weighted by Crippen LogP contribution is -2.45. The Hall–Kier alpha value is -0.170. The predicted molar refractivity (Wildman–Crippen MR) is 71.0 cm³/mol. The van der Waals surface area contributed by atoms with Gasteiger partial charge in [-0.15, -0.1) is 0 Å². The van der Waals surface area contributed by atoms with Crippen LogP contribution in [-0.4, -0.2) is 57.4 Å².